The Bertz CT molecular complexity index is 1110. The summed E-state index contributed by atoms with van der Waals surface area (Å²) in [5.41, 5.74) is 3.38. The summed E-state index contributed by atoms with van der Waals surface area (Å²) in [7, 11) is 1.69. The molecule has 0 atom stereocenters. The minimum absolute atomic E-state index is 0.00372. The van der Waals surface area contributed by atoms with E-state index in [1.165, 1.54) is 10.9 Å². The van der Waals surface area contributed by atoms with E-state index in [1.54, 1.807) is 7.11 Å². The van der Waals surface area contributed by atoms with Gasteiger partial charge in [0.15, 0.2) is 6.61 Å². The standard InChI is InChI=1S/C23H25N3O3/c1-28-14-13-26-12-10-19-21(26)7-4-8-22(19)29-16-23(27)24-11-9-17-15-25-20-6-3-2-5-18(17)20/h2-8,10,12,15,25H,9,11,13-14,16H2,1H3,(H,24,27). The maximum absolute atomic E-state index is 12.2. The molecule has 0 bridgehead atoms. The van der Waals surface area contributed by atoms with Gasteiger partial charge in [-0.05, 0) is 36.2 Å². The number of para-hydroxylation sites is 1. The zero-order valence-electron chi connectivity index (χ0n) is 16.5. The van der Waals surface area contributed by atoms with Crippen LogP contribution in [0.2, 0.25) is 0 Å². The van der Waals surface area contributed by atoms with Crippen LogP contribution in [0, 0.1) is 0 Å². The second-order valence-corrected chi connectivity index (χ2v) is 6.94. The second kappa shape index (κ2) is 8.84. The highest BCUT2D eigenvalue weighted by atomic mass is 16.5. The highest BCUT2D eigenvalue weighted by Crippen LogP contribution is 2.26. The predicted octanol–water partition coefficient (Wildman–Crippen LogP) is 3.51. The number of amides is 1. The van der Waals surface area contributed by atoms with Gasteiger partial charge in [-0.1, -0.05) is 24.3 Å². The Kier molecular flexibility index (Phi) is 5.81. The Balaban J connectivity index is 1.31. The molecule has 150 valence electrons. The van der Waals surface area contributed by atoms with Crippen molar-refractivity contribution in [3.8, 4) is 5.75 Å². The second-order valence-electron chi connectivity index (χ2n) is 6.94. The third kappa shape index (κ3) is 4.27. The van der Waals surface area contributed by atoms with Gasteiger partial charge in [-0.2, -0.15) is 0 Å². The SMILES string of the molecule is COCCn1ccc2c(OCC(=O)NCCc3c[nH]c4ccccc34)cccc21. The van der Waals surface area contributed by atoms with Gasteiger partial charge in [0.25, 0.3) is 5.91 Å². The topological polar surface area (TPSA) is 68.3 Å². The Morgan fingerprint density at radius 2 is 2.00 bits per heavy atom. The fourth-order valence-electron chi connectivity index (χ4n) is 3.58. The largest absolute Gasteiger partial charge is 0.483 e. The first-order chi connectivity index (χ1) is 14.3. The third-order valence-electron chi connectivity index (χ3n) is 5.06. The van der Waals surface area contributed by atoms with Gasteiger partial charge in [-0.15, -0.1) is 0 Å². The molecule has 1 amide bonds. The van der Waals surface area contributed by atoms with Crippen LogP contribution in [0.3, 0.4) is 0 Å². The smallest absolute Gasteiger partial charge is 0.257 e. The van der Waals surface area contributed by atoms with E-state index in [0.717, 1.165) is 29.4 Å². The maximum atomic E-state index is 12.2. The van der Waals surface area contributed by atoms with Gasteiger partial charge in [0.05, 0.1) is 12.1 Å². The number of carbonyl (C=O) groups excluding carboxylic acids is 1. The molecule has 6 nitrogen and oxygen atoms in total. The van der Waals surface area contributed by atoms with Gasteiger partial charge in [-0.3, -0.25) is 4.79 Å². The van der Waals surface area contributed by atoms with Gasteiger partial charge in [-0.25, -0.2) is 0 Å². The quantitative estimate of drug-likeness (QED) is 0.459. The average molecular weight is 391 g/mol. The number of aromatic nitrogens is 2. The van der Waals surface area contributed by atoms with Crippen molar-refractivity contribution in [2.24, 2.45) is 0 Å². The van der Waals surface area contributed by atoms with Crippen molar-refractivity contribution in [3.05, 3.63) is 66.5 Å². The zero-order valence-corrected chi connectivity index (χ0v) is 16.5. The summed E-state index contributed by atoms with van der Waals surface area (Å²) in [5, 5.41) is 5.13. The molecule has 2 heterocycles. The van der Waals surface area contributed by atoms with Crippen LogP contribution in [0.15, 0.2) is 60.9 Å². The summed E-state index contributed by atoms with van der Waals surface area (Å²) >= 11 is 0. The van der Waals surface area contributed by atoms with Crippen LogP contribution in [0.5, 0.6) is 5.75 Å². The summed E-state index contributed by atoms with van der Waals surface area (Å²) in [6, 6.07) is 16.1. The lowest BCUT2D eigenvalue weighted by Crippen LogP contribution is -2.30. The molecule has 0 aliphatic heterocycles. The number of hydrogen-bond donors (Lipinski definition) is 2. The van der Waals surface area contributed by atoms with E-state index in [0.29, 0.717) is 18.9 Å². The minimum Gasteiger partial charge on any atom is -0.483 e. The molecular weight excluding hydrogens is 366 g/mol. The first-order valence-corrected chi connectivity index (χ1v) is 9.77. The van der Waals surface area contributed by atoms with E-state index in [9.17, 15) is 4.79 Å². The van der Waals surface area contributed by atoms with Gasteiger partial charge >= 0.3 is 0 Å². The van der Waals surface area contributed by atoms with Crippen LogP contribution in [0.1, 0.15) is 5.56 Å². The van der Waals surface area contributed by atoms with Gasteiger partial charge in [0, 0.05) is 48.9 Å². The number of nitrogens with one attached hydrogen (secondary N) is 2. The van der Waals surface area contributed by atoms with Crippen LogP contribution in [-0.4, -0.2) is 42.3 Å². The number of rotatable bonds is 9. The molecular formula is C23H25N3O3. The molecule has 29 heavy (non-hydrogen) atoms. The number of benzene rings is 2. The van der Waals surface area contributed by atoms with Crippen molar-refractivity contribution in [3.63, 3.8) is 0 Å². The highest BCUT2D eigenvalue weighted by molar-refractivity contribution is 5.87. The fraction of sp³-hybridized carbons (Fsp3) is 0.261. The monoisotopic (exact) mass is 391 g/mol. The average Bonchev–Trinajstić information content (AvgIpc) is 3.35. The first-order valence-electron chi connectivity index (χ1n) is 9.77. The fourth-order valence-corrected chi connectivity index (χ4v) is 3.58. The third-order valence-corrected chi connectivity index (χ3v) is 5.06. The Labute approximate surface area is 169 Å². The van der Waals surface area contributed by atoms with Crippen LogP contribution in [0.25, 0.3) is 21.8 Å². The number of methoxy groups -OCH3 is 1. The minimum atomic E-state index is -0.124. The molecule has 0 unspecified atom stereocenters. The summed E-state index contributed by atoms with van der Waals surface area (Å²) < 4.78 is 13.1. The normalized spacial score (nSPS) is 11.2. The van der Waals surface area contributed by atoms with Gasteiger partial charge in [0.1, 0.15) is 5.75 Å². The van der Waals surface area contributed by atoms with Crippen LogP contribution in [-0.2, 0) is 22.5 Å². The number of ether oxygens (including phenoxy) is 2. The molecule has 0 fully saturated rings. The predicted molar refractivity (Wildman–Crippen MR) is 114 cm³/mol. The lowest BCUT2D eigenvalue weighted by atomic mass is 10.1. The molecule has 2 aromatic heterocycles. The lowest BCUT2D eigenvalue weighted by Gasteiger charge is -2.09. The number of hydrogen-bond acceptors (Lipinski definition) is 3. The molecule has 2 aromatic carbocycles. The van der Waals surface area contributed by atoms with Crippen LogP contribution in [0.4, 0.5) is 0 Å². The van der Waals surface area contributed by atoms with E-state index in [4.69, 9.17) is 9.47 Å². The van der Waals surface area contributed by atoms with Crippen molar-refractivity contribution in [1.82, 2.24) is 14.9 Å². The molecule has 2 N–H and O–H groups in total. The summed E-state index contributed by atoms with van der Waals surface area (Å²) in [6.07, 6.45) is 4.79. The Morgan fingerprint density at radius 3 is 2.90 bits per heavy atom. The molecule has 0 saturated heterocycles. The van der Waals surface area contributed by atoms with E-state index in [1.807, 2.05) is 48.8 Å². The molecule has 0 aliphatic carbocycles. The maximum Gasteiger partial charge on any atom is 0.257 e. The molecule has 0 radical (unpaired) electrons. The number of fused-ring (bicyclic) bond motifs is 2. The molecule has 4 rings (SSSR count). The number of aromatic amines is 1. The first kappa shape index (κ1) is 19.1. The Morgan fingerprint density at radius 1 is 1.10 bits per heavy atom. The van der Waals surface area contributed by atoms with Crippen molar-refractivity contribution in [2.75, 3.05) is 26.9 Å². The van der Waals surface area contributed by atoms with E-state index in [-0.39, 0.29) is 12.5 Å². The van der Waals surface area contributed by atoms with Crippen molar-refractivity contribution in [1.29, 1.82) is 0 Å². The summed E-state index contributed by atoms with van der Waals surface area (Å²) in [6.45, 7) is 1.99. The molecule has 6 heteroatoms. The van der Waals surface area contributed by atoms with Crippen molar-refractivity contribution >= 4 is 27.7 Å². The summed E-state index contributed by atoms with van der Waals surface area (Å²) in [5.74, 6) is 0.589. The van der Waals surface area contributed by atoms with E-state index < -0.39 is 0 Å². The molecule has 0 spiro atoms. The zero-order chi connectivity index (χ0) is 20.1. The number of nitrogens with zero attached hydrogens (tertiary/aromatic N) is 1. The van der Waals surface area contributed by atoms with Crippen LogP contribution < -0.4 is 10.1 Å². The molecule has 0 saturated carbocycles. The van der Waals surface area contributed by atoms with Gasteiger partial charge in [0.2, 0.25) is 0 Å². The van der Waals surface area contributed by atoms with Crippen molar-refractivity contribution in [2.45, 2.75) is 13.0 Å². The van der Waals surface area contributed by atoms with Crippen molar-refractivity contribution < 1.29 is 14.3 Å². The number of carbonyl (C=O) groups is 1. The van der Waals surface area contributed by atoms with Gasteiger partial charge < -0.3 is 24.3 Å². The lowest BCUT2D eigenvalue weighted by molar-refractivity contribution is -0.123. The van der Waals surface area contributed by atoms with E-state index >= 15 is 0 Å². The molecule has 0 aliphatic rings. The highest BCUT2D eigenvalue weighted by Gasteiger charge is 2.09. The molecule has 4 aromatic rings. The Hall–Kier alpha value is -3.25. The van der Waals surface area contributed by atoms with E-state index in [2.05, 4.69) is 27.0 Å². The summed E-state index contributed by atoms with van der Waals surface area (Å²) in [4.78, 5) is 15.5. The van der Waals surface area contributed by atoms with Crippen LogP contribution >= 0.6 is 0 Å². The number of H-pyrrole nitrogens is 1.